The van der Waals surface area contributed by atoms with Crippen molar-refractivity contribution in [1.82, 2.24) is 10.6 Å². The highest BCUT2D eigenvalue weighted by Crippen LogP contribution is 2.24. The lowest BCUT2D eigenvalue weighted by atomic mass is 10.2. The standard InChI is InChI=1S/C11H15BrN2O2/c1-13-5-2-6-14-11(16)8-3-4-9(12)10(15)7-8/h3-4,7,13,15H,2,5-6H2,1H3,(H,14,16). The molecule has 0 aliphatic carbocycles. The number of benzene rings is 1. The molecule has 0 aliphatic heterocycles. The molecule has 0 atom stereocenters. The van der Waals surface area contributed by atoms with Crippen LogP contribution in [0, 0.1) is 0 Å². The summed E-state index contributed by atoms with van der Waals surface area (Å²) in [5.41, 5.74) is 0.463. The van der Waals surface area contributed by atoms with Crippen molar-refractivity contribution >= 4 is 21.8 Å². The number of hydrogen-bond acceptors (Lipinski definition) is 3. The van der Waals surface area contributed by atoms with Gasteiger partial charge in [0.25, 0.3) is 5.91 Å². The fourth-order valence-electron chi connectivity index (χ4n) is 1.22. The van der Waals surface area contributed by atoms with Gasteiger partial charge >= 0.3 is 0 Å². The van der Waals surface area contributed by atoms with Crippen molar-refractivity contribution in [2.24, 2.45) is 0 Å². The summed E-state index contributed by atoms with van der Waals surface area (Å²) < 4.78 is 0.583. The van der Waals surface area contributed by atoms with Gasteiger partial charge in [0.1, 0.15) is 5.75 Å². The molecule has 1 amide bonds. The van der Waals surface area contributed by atoms with Crippen LogP contribution in [-0.4, -0.2) is 31.2 Å². The minimum absolute atomic E-state index is 0.0721. The van der Waals surface area contributed by atoms with Crippen LogP contribution in [0.3, 0.4) is 0 Å². The molecule has 1 aromatic carbocycles. The fourth-order valence-corrected chi connectivity index (χ4v) is 1.47. The largest absolute Gasteiger partial charge is 0.507 e. The summed E-state index contributed by atoms with van der Waals surface area (Å²) in [6.07, 6.45) is 0.880. The van der Waals surface area contributed by atoms with E-state index >= 15 is 0 Å². The average Bonchev–Trinajstić information content (AvgIpc) is 2.28. The second-order valence-corrected chi connectivity index (χ2v) is 4.23. The molecule has 0 bridgehead atoms. The molecule has 16 heavy (non-hydrogen) atoms. The normalized spacial score (nSPS) is 10.1. The Morgan fingerprint density at radius 1 is 1.44 bits per heavy atom. The molecule has 1 rings (SSSR count). The maximum Gasteiger partial charge on any atom is 0.251 e. The van der Waals surface area contributed by atoms with Crippen molar-refractivity contribution < 1.29 is 9.90 Å². The monoisotopic (exact) mass is 286 g/mol. The van der Waals surface area contributed by atoms with Crippen LogP contribution in [0.25, 0.3) is 0 Å². The zero-order valence-corrected chi connectivity index (χ0v) is 10.7. The van der Waals surface area contributed by atoms with Crippen molar-refractivity contribution in [2.45, 2.75) is 6.42 Å². The molecule has 0 radical (unpaired) electrons. The molecule has 0 heterocycles. The zero-order chi connectivity index (χ0) is 12.0. The number of phenolic OH excluding ortho intramolecular Hbond substituents is 1. The molecule has 0 fully saturated rings. The third-order valence-electron chi connectivity index (χ3n) is 2.10. The number of hydrogen-bond donors (Lipinski definition) is 3. The van der Waals surface area contributed by atoms with Crippen LogP contribution < -0.4 is 10.6 Å². The lowest BCUT2D eigenvalue weighted by Crippen LogP contribution is -2.26. The Hall–Kier alpha value is -1.07. The number of halogens is 1. The number of carbonyl (C=O) groups excluding carboxylic acids is 1. The van der Waals surface area contributed by atoms with E-state index in [1.54, 1.807) is 12.1 Å². The van der Waals surface area contributed by atoms with Crippen LogP contribution >= 0.6 is 15.9 Å². The van der Waals surface area contributed by atoms with Crippen LogP contribution in [0.1, 0.15) is 16.8 Å². The van der Waals surface area contributed by atoms with E-state index < -0.39 is 0 Å². The van der Waals surface area contributed by atoms with E-state index in [9.17, 15) is 9.90 Å². The van der Waals surface area contributed by atoms with Crippen molar-refractivity contribution in [1.29, 1.82) is 0 Å². The molecular formula is C11H15BrN2O2. The van der Waals surface area contributed by atoms with Gasteiger partial charge in [-0.05, 0) is 54.1 Å². The van der Waals surface area contributed by atoms with E-state index in [2.05, 4.69) is 26.6 Å². The van der Waals surface area contributed by atoms with Crippen LogP contribution in [0.15, 0.2) is 22.7 Å². The molecule has 5 heteroatoms. The fraction of sp³-hybridized carbons (Fsp3) is 0.364. The second-order valence-electron chi connectivity index (χ2n) is 3.38. The van der Waals surface area contributed by atoms with Gasteiger partial charge in [-0.15, -0.1) is 0 Å². The van der Waals surface area contributed by atoms with E-state index in [1.807, 2.05) is 7.05 Å². The lowest BCUT2D eigenvalue weighted by molar-refractivity contribution is 0.0953. The Bertz CT molecular complexity index is 369. The molecule has 0 aliphatic rings. The van der Waals surface area contributed by atoms with E-state index in [4.69, 9.17) is 0 Å². The van der Waals surface area contributed by atoms with E-state index in [0.717, 1.165) is 13.0 Å². The van der Waals surface area contributed by atoms with E-state index in [1.165, 1.54) is 6.07 Å². The first-order chi connectivity index (χ1) is 7.65. The number of carbonyl (C=O) groups is 1. The Kier molecular flexibility index (Phi) is 5.28. The molecule has 0 saturated carbocycles. The van der Waals surface area contributed by atoms with Crippen molar-refractivity contribution in [3.63, 3.8) is 0 Å². The average molecular weight is 287 g/mol. The zero-order valence-electron chi connectivity index (χ0n) is 9.09. The highest BCUT2D eigenvalue weighted by Gasteiger charge is 2.07. The Morgan fingerprint density at radius 2 is 2.19 bits per heavy atom. The summed E-state index contributed by atoms with van der Waals surface area (Å²) in [6.45, 7) is 1.49. The first kappa shape index (κ1) is 13.0. The van der Waals surface area contributed by atoms with Gasteiger partial charge in [-0.2, -0.15) is 0 Å². The molecule has 0 unspecified atom stereocenters. The number of amides is 1. The SMILES string of the molecule is CNCCCNC(=O)c1ccc(Br)c(O)c1. The molecule has 1 aromatic rings. The molecule has 3 N–H and O–H groups in total. The van der Waals surface area contributed by atoms with Crippen LogP contribution in [0.5, 0.6) is 5.75 Å². The quantitative estimate of drug-likeness (QED) is 0.719. The molecule has 0 aromatic heterocycles. The maximum absolute atomic E-state index is 11.6. The predicted octanol–water partition coefficient (Wildman–Crippen LogP) is 1.49. The highest BCUT2D eigenvalue weighted by molar-refractivity contribution is 9.10. The summed E-state index contributed by atoms with van der Waals surface area (Å²) in [7, 11) is 1.87. The Labute approximate surface area is 103 Å². The number of aromatic hydroxyl groups is 1. The molecule has 88 valence electrons. The van der Waals surface area contributed by atoms with Gasteiger partial charge in [0, 0.05) is 12.1 Å². The number of nitrogens with one attached hydrogen (secondary N) is 2. The van der Waals surface area contributed by atoms with Gasteiger partial charge in [0.2, 0.25) is 0 Å². The third kappa shape index (κ3) is 3.83. The molecule has 4 nitrogen and oxygen atoms in total. The van der Waals surface area contributed by atoms with Gasteiger partial charge in [-0.1, -0.05) is 0 Å². The summed E-state index contributed by atoms with van der Waals surface area (Å²) >= 11 is 3.16. The van der Waals surface area contributed by atoms with Gasteiger partial charge in [0.05, 0.1) is 4.47 Å². The van der Waals surface area contributed by atoms with Gasteiger partial charge in [-0.25, -0.2) is 0 Å². The van der Waals surface area contributed by atoms with Gasteiger partial charge in [-0.3, -0.25) is 4.79 Å². The second kappa shape index (κ2) is 6.50. The summed E-state index contributed by atoms with van der Waals surface area (Å²) in [5, 5.41) is 15.2. The van der Waals surface area contributed by atoms with Gasteiger partial charge in [0.15, 0.2) is 0 Å². The van der Waals surface area contributed by atoms with Crippen molar-refractivity contribution in [3.8, 4) is 5.75 Å². The predicted molar refractivity (Wildman–Crippen MR) is 66.7 cm³/mol. The Morgan fingerprint density at radius 3 is 2.81 bits per heavy atom. The highest BCUT2D eigenvalue weighted by atomic mass is 79.9. The van der Waals surface area contributed by atoms with Crippen LogP contribution in [0.2, 0.25) is 0 Å². The minimum Gasteiger partial charge on any atom is -0.507 e. The smallest absolute Gasteiger partial charge is 0.251 e. The summed E-state index contributed by atoms with van der Waals surface area (Å²) in [4.78, 5) is 11.6. The van der Waals surface area contributed by atoms with E-state index in [0.29, 0.717) is 16.6 Å². The topological polar surface area (TPSA) is 61.4 Å². The third-order valence-corrected chi connectivity index (χ3v) is 2.77. The molecular weight excluding hydrogens is 272 g/mol. The maximum atomic E-state index is 11.6. The molecule has 0 saturated heterocycles. The van der Waals surface area contributed by atoms with Crippen molar-refractivity contribution in [3.05, 3.63) is 28.2 Å². The number of rotatable bonds is 5. The first-order valence-electron chi connectivity index (χ1n) is 5.06. The van der Waals surface area contributed by atoms with E-state index in [-0.39, 0.29) is 11.7 Å². The van der Waals surface area contributed by atoms with Crippen LogP contribution in [-0.2, 0) is 0 Å². The lowest BCUT2D eigenvalue weighted by Gasteiger charge is -2.05. The minimum atomic E-state index is -0.168. The first-order valence-corrected chi connectivity index (χ1v) is 5.85. The number of phenols is 1. The van der Waals surface area contributed by atoms with Crippen molar-refractivity contribution in [2.75, 3.05) is 20.1 Å². The summed E-state index contributed by atoms with van der Waals surface area (Å²) in [5.74, 6) is -0.0956. The molecule has 0 spiro atoms. The van der Waals surface area contributed by atoms with Gasteiger partial charge < -0.3 is 15.7 Å². The van der Waals surface area contributed by atoms with Crippen LogP contribution in [0.4, 0.5) is 0 Å². The summed E-state index contributed by atoms with van der Waals surface area (Å²) in [6, 6.07) is 4.76. The Balaban J connectivity index is 2.50.